The second-order valence-corrected chi connectivity index (χ2v) is 7.16. The zero-order chi connectivity index (χ0) is 19.7. The highest BCUT2D eigenvalue weighted by atomic mass is 32.2. The first kappa shape index (κ1) is 18.1. The summed E-state index contributed by atoms with van der Waals surface area (Å²) < 4.78 is 18.3. The number of benzene rings is 3. The molecule has 0 radical (unpaired) electrons. The monoisotopic (exact) mass is 394 g/mol. The maximum absolute atomic E-state index is 13.2. The Morgan fingerprint density at radius 2 is 1.57 bits per heavy atom. The minimum absolute atomic E-state index is 0.0178. The number of nitrogens with zero attached hydrogens (tertiary/aromatic N) is 1. The van der Waals surface area contributed by atoms with Gasteiger partial charge in [-0.15, -0.1) is 0 Å². The number of hydrogen-bond donors (Lipinski definition) is 1. The van der Waals surface area contributed by atoms with E-state index in [1.54, 1.807) is 16.7 Å². The maximum Gasteiger partial charge on any atom is 0.340 e. The Hall–Kier alpha value is -3.32. The second-order valence-electron chi connectivity index (χ2n) is 6.07. The van der Waals surface area contributed by atoms with Crippen LogP contribution >= 0.6 is 11.8 Å². The van der Waals surface area contributed by atoms with Crippen LogP contribution in [0.5, 0.6) is 0 Å². The third-order valence-electron chi connectivity index (χ3n) is 4.24. The van der Waals surface area contributed by atoms with E-state index in [0.717, 1.165) is 33.3 Å². The average Bonchev–Trinajstić information content (AvgIpc) is 2.70. The standard InChI is InChI=1S/C21H15FN2O3S/c22-13-9-10-14(15(23)11-13)21(26)27-12-20(25)24-16-5-1-3-7-18(16)28-19-8-4-2-6-17(19)24/h1-11H,12,23H2. The Bertz CT molecular complexity index is 1040. The molecule has 0 aliphatic carbocycles. The SMILES string of the molecule is Nc1cc(F)ccc1C(=O)OCC(=O)N1c2ccccc2Sc2ccccc21. The molecule has 1 aliphatic rings. The van der Waals surface area contributed by atoms with Gasteiger partial charge in [-0.3, -0.25) is 9.69 Å². The van der Waals surface area contributed by atoms with Crippen molar-refractivity contribution in [3.8, 4) is 0 Å². The summed E-state index contributed by atoms with van der Waals surface area (Å²) in [5.74, 6) is -1.72. The van der Waals surface area contributed by atoms with E-state index in [4.69, 9.17) is 10.5 Å². The number of carbonyl (C=O) groups is 2. The summed E-state index contributed by atoms with van der Waals surface area (Å²) in [6.07, 6.45) is 0. The van der Waals surface area contributed by atoms with Crippen molar-refractivity contribution in [2.75, 3.05) is 17.2 Å². The number of rotatable bonds is 3. The molecule has 0 bridgehead atoms. The molecule has 3 aromatic carbocycles. The van der Waals surface area contributed by atoms with Crippen LogP contribution in [0.1, 0.15) is 10.4 Å². The first-order chi connectivity index (χ1) is 13.5. The lowest BCUT2D eigenvalue weighted by Crippen LogP contribution is -2.32. The second kappa shape index (κ2) is 7.36. The van der Waals surface area contributed by atoms with Crippen LogP contribution in [0.2, 0.25) is 0 Å². The normalized spacial score (nSPS) is 12.1. The van der Waals surface area contributed by atoms with Crippen LogP contribution in [0.25, 0.3) is 0 Å². The van der Waals surface area contributed by atoms with Gasteiger partial charge in [-0.05, 0) is 42.5 Å². The molecule has 0 saturated heterocycles. The van der Waals surface area contributed by atoms with Gasteiger partial charge < -0.3 is 10.5 Å². The van der Waals surface area contributed by atoms with E-state index in [0.29, 0.717) is 0 Å². The van der Waals surface area contributed by atoms with Crippen molar-refractivity contribution in [3.05, 3.63) is 78.1 Å². The van der Waals surface area contributed by atoms with E-state index >= 15 is 0 Å². The van der Waals surface area contributed by atoms with Gasteiger partial charge in [0, 0.05) is 15.5 Å². The van der Waals surface area contributed by atoms with Crippen LogP contribution in [0.4, 0.5) is 21.5 Å². The molecule has 0 spiro atoms. The van der Waals surface area contributed by atoms with Gasteiger partial charge in [0.05, 0.1) is 16.9 Å². The first-order valence-corrected chi connectivity index (χ1v) is 9.27. The summed E-state index contributed by atoms with van der Waals surface area (Å²) in [5.41, 5.74) is 7.10. The van der Waals surface area contributed by atoms with Gasteiger partial charge in [0.15, 0.2) is 6.61 Å². The quantitative estimate of drug-likeness (QED) is 0.527. The van der Waals surface area contributed by atoms with Crippen LogP contribution in [0, 0.1) is 5.82 Å². The average molecular weight is 394 g/mol. The van der Waals surface area contributed by atoms with Gasteiger partial charge in [-0.1, -0.05) is 36.0 Å². The number of halogens is 1. The summed E-state index contributed by atoms with van der Waals surface area (Å²) in [5, 5.41) is 0. The summed E-state index contributed by atoms with van der Waals surface area (Å²) >= 11 is 1.57. The van der Waals surface area contributed by atoms with Crippen LogP contribution in [0.15, 0.2) is 76.5 Å². The minimum Gasteiger partial charge on any atom is -0.452 e. The fourth-order valence-corrected chi connectivity index (χ4v) is 4.02. The number of anilines is 3. The molecule has 4 rings (SSSR count). The van der Waals surface area contributed by atoms with E-state index in [1.807, 2.05) is 48.5 Å². The molecule has 3 aromatic rings. The van der Waals surface area contributed by atoms with E-state index in [9.17, 15) is 14.0 Å². The highest BCUT2D eigenvalue weighted by Crippen LogP contribution is 2.47. The number of carbonyl (C=O) groups excluding carboxylic acids is 2. The van der Waals surface area contributed by atoms with Gasteiger partial charge in [0.1, 0.15) is 5.82 Å². The van der Waals surface area contributed by atoms with Crippen LogP contribution in [-0.4, -0.2) is 18.5 Å². The highest BCUT2D eigenvalue weighted by molar-refractivity contribution is 7.99. The zero-order valence-electron chi connectivity index (χ0n) is 14.6. The minimum atomic E-state index is -0.779. The third kappa shape index (κ3) is 3.32. The molecule has 1 amide bonds. The van der Waals surface area contributed by atoms with Crippen LogP contribution < -0.4 is 10.6 Å². The van der Waals surface area contributed by atoms with Gasteiger partial charge in [-0.2, -0.15) is 0 Å². The number of ether oxygens (including phenoxy) is 1. The fraction of sp³-hybridized carbons (Fsp3) is 0.0476. The number of fused-ring (bicyclic) bond motifs is 2. The molecule has 7 heteroatoms. The predicted molar refractivity (Wildman–Crippen MR) is 105 cm³/mol. The van der Waals surface area contributed by atoms with Gasteiger partial charge >= 0.3 is 5.97 Å². The maximum atomic E-state index is 13.2. The number of nitrogens with two attached hydrogens (primary N) is 1. The molecule has 28 heavy (non-hydrogen) atoms. The van der Waals surface area contributed by atoms with E-state index in [2.05, 4.69) is 0 Å². The van der Waals surface area contributed by atoms with Crippen molar-refractivity contribution in [2.45, 2.75) is 9.79 Å². The van der Waals surface area contributed by atoms with E-state index < -0.39 is 24.3 Å². The molecule has 2 N–H and O–H groups in total. The summed E-state index contributed by atoms with van der Waals surface area (Å²) in [4.78, 5) is 28.6. The molecule has 0 fully saturated rings. The van der Waals surface area contributed by atoms with Crippen molar-refractivity contribution in [1.29, 1.82) is 0 Å². The zero-order valence-corrected chi connectivity index (χ0v) is 15.4. The van der Waals surface area contributed by atoms with Crippen molar-refractivity contribution in [1.82, 2.24) is 0 Å². The lowest BCUT2D eigenvalue weighted by atomic mass is 10.2. The molecule has 1 aliphatic heterocycles. The topological polar surface area (TPSA) is 72.6 Å². The smallest absolute Gasteiger partial charge is 0.340 e. The largest absolute Gasteiger partial charge is 0.452 e. The Morgan fingerprint density at radius 3 is 2.18 bits per heavy atom. The Kier molecular flexibility index (Phi) is 4.75. The Morgan fingerprint density at radius 1 is 0.964 bits per heavy atom. The Balaban J connectivity index is 1.58. The predicted octanol–water partition coefficient (Wildman–Crippen LogP) is 4.39. The lowest BCUT2D eigenvalue weighted by Gasteiger charge is -2.30. The molecule has 0 saturated carbocycles. The van der Waals surface area contributed by atoms with E-state index in [-0.39, 0.29) is 11.3 Å². The van der Waals surface area contributed by atoms with E-state index in [1.165, 1.54) is 6.07 Å². The molecular weight excluding hydrogens is 379 g/mol. The summed E-state index contributed by atoms with van der Waals surface area (Å²) in [6, 6.07) is 18.4. The number of para-hydroxylation sites is 2. The molecule has 0 atom stereocenters. The van der Waals surface area contributed by atoms with Crippen LogP contribution in [-0.2, 0) is 9.53 Å². The number of amides is 1. The van der Waals surface area contributed by atoms with Crippen LogP contribution in [0.3, 0.4) is 0 Å². The molecular formula is C21H15FN2O3S. The highest BCUT2D eigenvalue weighted by Gasteiger charge is 2.28. The van der Waals surface area contributed by atoms with Gasteiger partial charge in [0.25, 0.3) is 5.91 Å². The number of hydrogen-bond acceptors (Lipinski definition) is 5. The third-order valence-corrected chi connectivity index (χ3v) is 5.37. The van der Waals surface area contributed by atoms with Crippen molar-refractivity contribution in [3.63, 3.8) is 0 Å². The molecule has 1 heterocycles. The number of nitrogen functional groups attached to an aromatic ring is 1. The number of esters is 1. The Labute approximate surface area is 164 Å². The molecule has 0 unspecified atom stereocenters. The van der Waals surface area contributed by atoms with Gasteiger partial charge in [0.2, 0.25) is 0 Å². The van der Waals surface area contributed by atoms with Crippen molar-refractivity contribution < 1.29 is 18.7 Å². The van der Waals surface area contributed by atoms with Crippen molar-refractivity contribution in [2.24, 2.45) is 0 Å². The molecule has 0 aromatic heterocycles. The lowest BCUT2D eigenvalue weighted by molar-refractivity contribution is -0.121. The molecule has 5 nitrogen and oxygen atoms in total. The van der Waals surface area contributed by atoms with Gasteiger partial charge in [-0.25, -0.2) is 9.18 Å². The fourth-order valence-electron chi connectivity index (χ4n) is 2.96. The molecule has 140 valence electrons. The summed E-state index contributed by atoms with van der Waals surface area (Å²) in [6.45, 7) is -0.469. The first-order valence-electron chi connectivity index (χ1n) is 8.45. The van der Waals surface area contributed by atoms with Crippen molar-refractivity contribution >= 4 is 40.7 Å². The summed E-state index contributed by atoms with van der Waals surface area (Å²) in [7, 11) is 0.